The largest absolute Gasteiger partial charge is 0.331 e. The molecule has 0 saturated heterocycles. The van der Waals surface area contributed by atoms with Gasteiger partial charge >= 0.3 is 0 Å². The third kappa shape index (κ3) is 5.68. The molecule has 3 aromatic rings. The van der Waals surface area contributed by atoms with Crippen LogP contribution in [-0.4, -0.2) is 10.7 Å². The lowest BCUT2D eigenvalue weighted by Crippen LogP contribution is -2.22. The van der Waals surface area contributed by atoms with Crippen LogP contribution in [0, 0.1) is 18.3 Å². The zero-order valence-corrected chi connectivity index (χ0v) is 20.1. The summed E-state index contributed by atoms with van der Waals surface area (Å²) in [5, 5.41) is 21.5. The van der Waals surface area contributed by atoms with E-state index < -0.39 is 0 Å². The molecule has 1 saturated carbocycles. The first kappa shape index (κ1) is 22.8. The minimum atomic E-state index is 0.316. The van der Waals surface area contributed by atoms with Gasteiger partial charge in [0.1, 0.15) is 0 Å². The van der Waals surface area contributed by atoms with Crippen LogP contribution in [-0.2, 0) is 6.42 Å². The topological polar surface area (TPSA) is 74.8 Å². The maximum atomic E-state index is 9.28. The van der Waals surface area contributed by atoms with Crippen LogP contribution in [0.25, 0.3) is 5.70 Å². The molecule has 2 aromatic carbocycles. The fourth-order valence-corrected chi connectivity index (χ4v) is 5.28. The van der Waals surface area contributed by atoms with Gasteiger partial charge in [0.05, 0.1) is 11.4 Å². The van der Waals surface area contributed by atoms with E-state index in [1.165, 1.54) is 36.8 Å². The summed E-state index contributed by atoms with van der Waals surface area (Å²) < 4.78 is 0. The first-order chi connectivity index (χ1) is 15.6. The Bertz CT molecular complexity index is 1060. The standard InChI is InChI=1S/C26H30N4S2/c1-18-17-31-26(29-18)30-25(21-10-6-3-7-11-21)23(24(27)20-8-4-2-5-9-20)16-19-12-14-22(32-28)15-13-19/h3,6-7,10-15,17,20,27H,2,4-5,8-9,16,28H2,1H3,(H,29,30)/b25-23-,27-24?. The number of nitrogens with two attached hydrogens (primary N) is 1. The van der Waals surface area contributed by atoms with Gasteiger partial charge in [-0.3, -0.25) is 5.14 Å². The van der Waals surface area contributed by atoms with E-state index in [1.54, 1.807) is 11.3 Å². The highest BCUT2D eigenvalue weighted by Gasteiger charge is 2.24. The summed E-state index contributed by atoms with van der Waals surface area (Å²) in [7, 11) is 0. The van der Waals surface area contributed by atoms with Crippen LogP contribution in [0.4, 0.5) is 5.13 Å². The number of nitrogens with zero attached hydrogens (tertiary/aromatic N) is 1. The molecule has 4 N–H and O–H groups in total. The maximum absolute atomic E-state index is 9.28. The van der Waals surface area contributed by atoms with E-state index in [1.807, 2.05) is 13.0 Å². The van der Waals surface area contributed by atoms with Gasteiger partial charge < -0.3 is 10.7 Å². The van der Waals surface area contributed by atoms with Gasteiger partial charge in [-0.1, -0.05) is 61.7 Å². The third-order valence-corrected chi connectivity index (χ3v) is 7.41. The minimum absolute atomic E-state index is 0.316. The van der Waals surface area contributed by atoms with Gasteiger partial charge in [-0.2, -0.15) is 0 Å². The summed E-state index contributed by atoms with van der Waals surface area (Å²) in [6.07, 6.45) is 6.60. The van der Waals surface area contributed by atoms with Gasteiger partial charge in [0, 0.05) is 33.9 Å². The molecule has 1 fully saturated rings. The quantitative estimate of drug-likeness (QED) is 0.247. The molecule has 0 radical (unpaired) electrons. The van der Waals surface area contributed by atoms with Gasteiger partial charge in [-0.15, -0.1) is 11.3 Å². The molecule has 6 heteroatoms. The normalized spacial score (nSPS) is 15.3. The zero-order chi connectivity index (χ0) is 22.3. The summed E-state index contributed by atoms with van der Waals surface area (Å²) in [5.41, 5.74) is 6.09. The van der Waals surface area contributed by atoms with E-state index in [2.05, 4.69) is 64.2 Å². The van der Waals surface area contributed by atoms with E-state index in [0.717, 1.165) is 51.1 Å². The predicted molar refractivity (Wildman–Crippen MR) is 138 cm³/mol. The first-order valence-electron chi connectivity index (χ1n) is 11.2. The van der Waals surface area contributed by atoms with Crippen molar-refractivity contribution in [2.45, 2.75) is 50.3 Å². The van der Waals surface area contributed by atoms with Crippen LogP contribution < -0.4 is 10.5 Å². The second-order valence-electron chi connectivity index (χ2n) is 8.33. The van der Waals surface area contributed by atoms with Gasteiger partial charge in [0.15, 0.2) is 5.13 Å². The summed E-state index contributed by atoms with van der Waals surface area (Å²) in [6.45, 7) is 2.01. The van der Waals surface area contributed by atoms with Crippen LogP contribution >= 0.6 is 23.3 Å². The van der Waals surface area contributed by atoms with Crippen LogP contribution in [0.3, 0.4) is 0 Å². The molecule has 0 unspecified atom stereocenters. The molecule has 0 spiro atoms. The Morgan fingerprint density at radius 2 is 1.81 bits per heavy atom. The van der Waals surface area contributed by atoms with Gasteiger partial charge in [-0.05, 0) is 55.0 Å². The van der Waals surface area contributed by atoms with Gasteiger partial charge in [0.2, 0.25) is 0 Å². The number of hydrogen-bond acceptors (Lipinski definition) is 6. The van der Waals surface area contributed by atoms with E-state index in [0.29, 0.717) is 12.3 Å². The number of benzene rings is 2. The monoisotopic (exact) mass is 462 g/mol. The molecular formula is C26H30N4S2. The Kier molecular flexibility index (Phi) is 7.79. The molecule has 4 nitrogen and oxygen atoms in total. The predicted octanol–water partition coefficient (Wildman–Crippen LogP) is 7.08. The highest BCUT2D eigenvalue weighted by molar-refractivity contribution is 7.97. The van der Waals surface area contributed by atoms with Crippen molar-refractivity contribution in [1.82, 2.24) is 4.98 Å². The number of thiazole rings is 1. The highest BCUT2D eigenvalue weighted by atomic mass is 32.2. The van der Waals surface area contributed by atoms with Crippen LogP contribution in [0.2, 0.25) is 0 Å². The number of nitrogens with one attached hydrogen (secondary N) is 2. The Labute approximate surface area is 199 Å². The molecule has 1 aromatic heterocycles. The number of anilines is 1. The Morgan fingerprint density at radius 1 is 1.09 bits per heavy atom. The number of allylic oxidation sites excluding steroid dienone is 1. The molecule has 1 aliphatic rings. The fourth-order valence-electron chi connectivity index (χ4n) is 4.29. The molecule has 0 amide bonds. The number of aromatic nitrogens is 1. The smallest absolute Gasteiger partial charge is 0.187 e. The molecular weight excluding hydrogens is 432 g/mol. The van der Waals surface area contributed by atoms with E-state index >= 15 is 0 Å². The molecule has 0 aliphatic heterocycles. The summed E-state index contributed by atoms with van der Waals surface area (Å²) >= 11 is 2.86. The molecule has 1 heterocycles. The maximum Gasteiger partial charge on any atom is 0.187 e. The van der Waals surface area contributed by atoms with Crippen molar-refractivity contribution in [2.24, 2.45) is 11.1 Å². The van der Waals surface area contributed by atoms with Crippen LogP contribution in [0.15, 0.2) is 70.4 Å². The number of rotatable bonds is 8. The van der Waals surface area contributed by atoms with E-state index in [-0.39, 0.29) is 0 Å². The van der Waals surface area contributed by atoms with Crippen molar-refractivity contribution in [1.29, 1.82) is 5.41 Å². The zero-order valence-electron chi connectivity index (χ0n) is 18.4. The van der Waals surface area contributed by atoms with Crippen molar-refractivity contribution < 1.29 is 0 Å². The van der Waals surface area contributed by atoms with E-state index in [9.17, 15) is 5.41 Å². The van der Waals surface area contributed by atoms with Gasteiger partial charge in [-0.25, -0.2) is 4.98 Å². The average molecular weight is 463 g/mol. The SMILES string of the molecule is Cc1csc(N/C(=C(/Cc2ccc(SN)cc2)C(=N)C2CCCCC2)c2ccccc2)n1. The molecule has 166 valence electrons. The molecule has 1 aliphatic carbocycles. The Hall–Kier alpha value is -2.41. The molecule has 0 atom stereocenters. The molecule has 0 bridgehead atoms. The number of aryl methyl sites for hydroxylation is 1. The summed E-state index contributed by atoms with van der Waals surface area (Å²) in [5.74, 6) is 0.316. The molecule has 4 rings (SSSR count). The number of hydrogen-bond donors (Lipinski definition) is 3. The third-order valence-electron chi connectivity index (χ3n) is 5.99. The average Bonchev–Trinajstić information content (AvgIpc) is 3.27. The van der Waals surface area contributed by atoms with Crippen molar-refractivity contribution in [3.8, 4) is 0 Å². The lowest BCUT2D eigenvalue weighted by Gasteiger charge is -2.26. The first-order valence-corrected chi connectivity index (χ1v) is 12.9. The lowest BCUT2D eigenvalue weighted by atomic mass is 9.80. The highest BCUT2D eigenvalue weighted by Crippen LogP contribution is 2.33. The summed E-state index contributed by atoms with van der Waals surface area (Å²) in [4.78, 5) is 5.69. The van der Waals surface area contributed by atoms with Crippen molar-refractivity contribution >= 4 is 39.8 Å². The Morgan fingerprint density at radius 3 is 2.44 bits per heavy atom. The van der Waals surface area contributed by atoms with Crippen LogP contribution in [0.5, 0.6) is 0 Å². The van der Waals surface area contributed by atoms with Crippen molar-refractivity contribution in [2.75, 3.05) is 5.32 Å². The second-order valence-corrected chi connectivity index (χ2v) is 9.89. The summed E-state index contributed by atoms with van der Waals surface area (Å²) in [6, 6.07) is 18.7. The second kappa shape index (κ2) is 10.9. The van der Waals surface area contributed by atoms with Crippen LogP contribution in [0.1, 0.15) is 48.9 Å². The van der Waals surface area contributed by atoms with Crippen molar-refractivity contribution in [3.63, 3.8) is 0 Å². The van der Waals surface area contributed by atoms with Crippen molar-refractivity contribution in [3.05, 3.63) is 82.4 Å². The molecule has 32 heavy (non-hydrogen) atoms. The fraction of sp³-hybridized carbons (Fsp3) is 0.308. The van der Waals surface area contributed by atoms with E-state index in [4.69, 9.17) is 5.14 Å². The Balaban J connectivity index is 1.79. The minimum Gasteiger partial charge on any atom is -0.331 e. The van der Waals surface area contributed by atoms with Gasteiger partial charge in [0.25, 0.3) is 0 Å². The lowest BCUT2D eigenvalue weighted by molar-refractivity contribution is 0.438.